The van der Waals surface area contributed by atoms with E-state index in [0.717, 1.165) is 30.7 Å². The summed E-state index contributed by atoms with van der Waals surface area (Å²) in [4.78, 5) is 13.3. The second kappa shape index (κ2) is 9.43. The summed E-state index contributed by atoms with van der Waals surface area (Å²) >= 11 is 1.44. The van der Waals surface area contributed by atoms with Gasteiger partial charge < -0.3 is 15.5 Å². The lowest BCUT2D eigenvalue weighted by Crippen LogP contribution is -2.41. The second-order valence-corrected chi connectivity index (χ2v) is 8.55. The van der Waals surface area contributed by atoms with E-state index in [-0.39, 0.29) is 11.9 Å². The number of hydrogen-bond donors (Lipinski definition) is 2. The molecule has 0 saturated carbocycles. The van der Waals surface area contributed by atoms with E-state index >= 15 is 0 Å². The minimum atomic E-state index is -0.412. The number of amides is 1. The van der Waals surface area contributed by atoms with Gasteiger partial charge in [0.25, 0.3) is 0 Å². The summed E-state index contributed by atoms with van der Waals surface area (Å²) in [5.74, 6) is 1.48. The van der Waals surface area contributed by atoms with Gasteiger partial charge in [-0.3, -0.25) is 4.79 Å². The Kier molecular flexibility index (Phi) is 6.46. The maximum absolute atomic E-state index is 13.3. The monoisotopic (exact) mass is 437 g/mol. The molecule has 2 atom stereocenters. The van der Waals surface area contributed by atoms with Crippen molar-refractivity contribution in [1.29, 1.82) is 0 Å². The molecular formula is C23H27N5O2S. The number of carbonyl (C=O) groups excluding carboxylic acids is 1. The number of hydrogen-bond acceptors (Lipinski definition) is 6. The summed E-state index contributed by atoms with van der Waals surface area (Å²) < 4.78 is 7.21. The number of thioether (sulfide) groups is 1. The number of carbonyl (C=O) groups is 1. The standard InChI is InChI=1S/C23H27N5O2S/c1-4-7-19-25-26-23-28(19)27-20(16-12-10-15(5-2)11-13-16)21(31-23)22(29)24-17-8-6-9-18(14-17)30-3/h6,8-14,20-21,27H,4-5,7H2,1-3H3,(H,24,29)/t20-,21-/m0/s1. The lowest BCUT2D eigenvalue weighted by Gasteiger charge is -2.33. The van der Waals surface area contributed by atoms with Crippen molar-refractivity contribution in [1.82, 2.24) is 14.9 Å². The van der Waals surface area contributed by atoms with Gasteiger partial charge in [-0.1, -0.05) is 55.9 Å². The third-order valence-electron chi connectivity index (χ3n) is 5.32. The Balaban J connectivity index is 1.65. The summed E-state index contributed by atoms with van der Waals surface area (Å²) in [7, 11) is 1.61. The molecule has 1 aliphatic heterocycles. The summed E-state index contributed by atoms with van der Waals surface area (Å²) in [5.41, 5.74) is 6.52. The molecule has 1 aliphatic rings. The van der Waals surface area contributed by atoms with E-state index in [9.17, 15) is 4.79 Å². The van der Waals surface area contributed by atoms with Gasteiger partial charge in [0.1, 0.15) is 11.0 Å². The maximum atomic E-state index is 13.3. The van der Waals surface area contributed by atoms with E-state index in [2.05, 4.69) is 59.1 Å². The average molecular weight is 438 g/mol. The van der Waals surface area contributed by atoms with Crippen LogP contribution in [0.1, 0.15) is 43.3 Å². The highest BCUT2D eigenvalue weighted by molar-refractivity contribution is 8.00. The highest BCUT2D eigenvalue weighted by Crippen LogP contribution is 2.38. The van der Waals surface area contributed by atoms with Gasteiger partial charge in [-0.05, 0) is 36.1 Å². The van der Waals surface area contributed by atoms with Gasteiger partial charge in [-0.2, -0.15) is 0 Å². The molecule has 1 amide bonds. The second-order valence-electron chi connectivity index (χ2n) is 7.45. The Morgan fingerprint density at radius 2 is 2.00 bits per heavy atom. The molecule has 0 aliphatic carbocycles. The predicted molar refractivity (Wildman–Crippen MR) is 123 cm³/mol. The SMILES string of the molecule is CCCc1nnc2n1N[C@@H](c1ccc(CC)cc1)[C@@H](C(=O)Nc1cccc(OC)c1)S2. The number of aryl methyl sites for hydroxylation is 2. The average Bonchev–Trinajstić information content (AvgIpc) is 3.20. The molecule has 7 nitrogen and oxygen atoms in total. The van der Waals surface area contributed by atoms with Crippen LogP contribution in [0.2, 0.25) is 0 Å². The van der Waals surface area contributed by atoms with Crippen molar-refractivity contribution in [2.24, 2.45) is 0 Å². The van der Waals surface area contributed by atoms with Crippen LogP contribution in [0, 0.1) is 0 Å². The fourth-order valence-electron chi connectivity index (χ4n) is 3.61. The van der Waals surface area contributed by atoms with Crippen LogP contribution in [0.5, 0.6) is 5.75 Å². The number of anilines is 1. The zero-order chi connectivity index (χ0) is 21.8. The number of aromatic nitrogens is 3. The molecule has 0 bridgehead atoms. The lowest BCUT2D eigenvalue weighted by atomic mass is 10.0. The number of ether oxygens (including phenoxy) is 1. The first-order chi connectivity index (χ1) is 15.1. The van der Waals surface area contributed by atoms with Gasteiger partial charge in [0, 0.05) is 18.2 Å². The minimum absolute atomic E-state index is 0.0957. The summed E-state index contributed by atoms with van der Waals surface area (Å²) in [5, 5.41) is 12.0. The van der Waals surface area contributed by atoms with Gasteiger partial charge >= 0.3 is 0 Å². The van der Waals surface area contributed by atoms with Crippen LogP contribution in [0.4, 0.5) is 5.69 Å². The smallest absolute Gasteiger partial charge is 0.240 e. The molecule has 2 heterocycles. The maximum Gasteiger partial charge on any atom is 0.240 e. The van der Waals surface area contributed by atoms with Gasteiger partial charge in [-0.25, -0.2) is 4.68 Å². The Bertz CT molecular complexity index is 1050. The van der Waals surface area contributed by atoms with Crippen LogP contribution in [0.3, 0.4) is 0 Å². The van der Waals surface area contributed by atoms with E-state index in [1.165, 1.54) is 17.3 Å². The molecule has 2 N–H and O–H groups in total. The minimum Gasteiger partial charge on any atom is -0.497 e. The van der Waals surface area contributed by atoms with E-state index in [1.807, 2.05) is 28.9 Å². The first-order valence-electron chi connectivity index (χ1n) is 10.5. The summed E-state index contributed by atoms with van der Waals surface area (Å²) in [6.45, 7) is 4.25. The largest absolute Gasteiger partial charge is 0.497 e. The number of methoxy groups -OCH3 is 1. The van der Waals surface area contributed by atoms with Crippen molar-refractivity contribution in [2.45, 2.75) is 49.6 Å². The molecule has 8 heteroatoms. The fraction of sp³-hybridized carbons (Fsp3) is 0.348. The summed E-state index contributed by atoms with van der Waals surface area (Å²) in [6.07, 6.45) is 2.77. The third kappa shape index (κ3) is 4.54. The zero-order valence-corrected chi connectivity index (χ0v) is 18.8. The van der Waals surface area contributed by atoms with Crippen LogP contribution in [0.15, 0.2) is 53.7 Å². The first kappa shape index (κ1) is 21.2. The van der Waals surface area contributed by atoms with Crippen molar-refractivity contribution < 1.29 is 9.53 Å². The molecule has 0 saturated heterocycles. The van der Waals surface area contributed by atoms with Crippen molar-refractivity contribution in [3.8, 4) is 5.75 Å². The predicted octanol–water partition coefficient (Wildman–Crippen LogP) is 4.20. The highest BCUT2D eigenvalue weighted by atomic mass is 32.2. The number of rotatable bonds is 7. The lowest BCUT2D eigenvalue weighted by molar-refractivity contribution is -0.116. The number of benzene rings is 2. The third-order valence-corrected chi connectivity index (χ3v) is 6.54. The molecule has 162 valence electrons. The number of fused-ring (bicyclic) bond motifs is 1. The van der Waals surface area contributed by atoms with E-state index in [4.69, 9.17) is 4.74 Å². The summed E-state index contributed by atoms with van der Waals surface area (Å²) in [6, 6.07) is 15.6. The Labute approximate surface area is 186 Å². The van der Waals surface area contributed by atoms with Gasteiger partial charge in [0.05, 0.1) is 13.2 Å². The van der Waals surface area contributed by atoms with Gasteiger partial charge in [0.15, 0.2) is 5.82 Å². The molecule has 0 radical (unpaired) electrons. The van der Waals surface area contributed by atoms with Gasteiger partial charge in [0.2, 0.25) is 11.1 Å². The molecule has 3 aromatic rings. The van der Waals surface area contributed by atoms with E-state index in [1.54, 1.807) is 7.11 Å². The Morgan fingerprint density at radius 1 is 1.19 bits per heavy atom. The van der Waals surface area contributed by atoms with Crippen molar-refractivity contribution >= 4 is 23.4 Å². The van der Waals surface area contributed by atoms with Crippen molar-refractivity contribution in [3.05, 3.63) is 65.5 Å². The Hall–Kier alpha value is -3.00. The topological polar surface area (TPSA) is 81.1 Å². The highest BCUT2D eigenvalue weighted by Gasteiger charge is 2.37. The normalized spacial score (nSPS) is 17.5. The molecule has 0 unspecified atom stereocenters. The molecule has 0 fully saturated rings. The van der Waals surface area contributed by atoms with Crippen molar-refractivity contribution in [2.75, 3.05) is 17.9 Å². The Morgan fingerprint density at radius 3 is 2.71 bits per heavy atom. The van der Waals surface area contributed by atoms with E-state index in [0.29, 0.717) is 16.6 Å². The van der Waals surface area contributed by atoms with Crippen LogP contribution < -0.4 is 15.5 Å². The zero-order valence-electron chi connectivity index (χ0n) is 18.0. The number of nitrogens with zero attached hydrogens (tertiary/aromatic N) is 3. The number of nitrogens with one attached hydrogen (secondary N) is 2. The molecule has 0 spiro atoms. The van der Waals surface area contributed by atoms with E-state index < -0.39 is 5.25 Å². The van der Waals surface area contributed by atoms with Crippen LogP contribution in [-0.4, -0.2) is 33.1 Å². The van der Waals surface area contributed by atoms with Crippen LogP contribution in [-0.2, 0) is 17.6 Å². The fourth-order valence-corrected chi connectivity index (χ4v) is 4.71. The molecule has 2 aromatic carbocycles. The molecule has 4 rings (SSSR count). The van der Waals surface area contributed by atoms with Gasteiger partial charge in [-0.15, -0.1) is 10.2 Å². The molecule has 31 heavy (non-hydrogen) atoms. The quantitative estimate of drug-likeness (QED) is 0.577. The van der Waals surface area contributed by atoms with Crippen molar-refractivity contribution in [3.63, 3.8) is 0 Å². The first-order valence-corrected chi connectivity index (χ1v) is 11.4. The molecular weight excluding hydrogens is 410 g/mol. The molecule has 1 aromatic heterocycles. The van der Waals surface area contributed by atoms with Crippen LogP contribution in [0.25, 0.3) is 0 Å². The van der Waals surface area contributed by atoms with Crippen LogP contribution >= 0.6 is 11.8 Å².